The summed E-state index contributed by atoms with van der Waals surface area (Å²) in [5, 5.41) is 9.56. The minimum atomic E-state index is -0.590. The molecule has 2 rings (SSSR count). The average Bonchev–Trinajstić information content (AvgIpc) is 2.31. The van der Waals surface area contributed by atoms with Gasteiger partial charge in [-0.15, -0.1) is 0 Å². The van der Waals surface area contributed by atoms with Crippen molar-refractivity contribution in [3.63, 3.8) is 0 Å². The maximum Gasteiger partial charge on any atom is 0.225 e. The predicted octanol–water partition coefficient (Wildman–Crippen LogP) is 2.93. The van der Waals surface area contributed by atoms with E-state index < -0.39 is 6.10 Å². The third-order valence-electron chi connectivity index (χ3n) is 2.21. The van der Waals surface area contributed by atoms with E-state index in [9.17, 15) is 5.11 Å². The van der Waals surface area contributed by atoms with Crippen LogP contribution in [-0.4, -0.2) is 10.1 Å². The molecule has 1 aromatic heterocycles. The molecule has 1 N–H and O–H groups in total. The largest absolute Gasteiger partial charge is 0.439 e. The van der Waals surface area contributed by atoms with Crippen molar-refractivity contribution in [2.45, 2.75) is 13.0 Å². The van der Waals surface area contributed by atoms with Gasteiger partial charge in [0.2, 0.25) is 5.88 Å². The van der Waals surface area contributed by atoms with Crippen molar-refractivity contribution in [2.24, 2.45) is 0 Å². The Morgan fingerprint density at radius 2 is 1.88 bits per heavy atom. The Kier molecular flexibility index (Phi) is 3.17. The van der Waals surface area contributed by atoms with Gasteiger partial charge in [-0.05, 0) is 31.2 Å². The van der Waals surface area contributed by atoms with E-state index in [0.29, 0.717) is 17.2 Å². The summed E-state index contributed by atoms with van der Waals surface area (Å²) in [6.07, 6.45) is 1.05. The van der Waals surface area contributed by atoms with E-state index in [-0.39, 0.29) is 0 Å². The molecule has 3 nitrogen and oxygen atoms in total. The summed E-state index contributed by atoms with van der Waals surface area (Å²) in [6.45, 7) is 1.69. The van der Waals surface area contributed by atoms with Gasteiger partial charge in [0.05, 0.1) is 6.10 Å². The van der Waals surface area contributed by atoms with Gasteiger partial charge in [-0.3, -0.25) is 0 Å². The van der Waals surface area contributed by atoms with Crippen molar-refractivity contribution in [3.05, 3.63) is 54.2 Å². The van der Waals surface area contributed by atoms with Crippen LogP contribution in [0.2, 0.25) is 0 Å². The maximum atomic E-state index is 9.56. The van der Waals surface area contributed by atoms with Gasteiger partial charge in [-0.1, -0.05) is 18.2 Å². The SMILES string of the molecule is CC(O)c1cccnc1Oc1ccccc1. The number of hydrogen-bond acceptors (Lipinski definition) is 3. The maximum absolute atomic E-state index is 9.56. The van der Waals surface area contributed by atoms with Crippen LogP contribution in [0.1, 0.15) is 18.6 Å². The van der Waals surface area contributed by atoms with E-state index >= 15 is 0 Å². The van der Waals surface area contributed by atoms with Crippen molar-refractivity contribution in [2.75, 3.05) is 0 Å². The summed E-state index contributed by atoms with van der Waals surface area (Å²) in [6, 6.07) is 13.0. The number of aromatic nitrogens is 1. The van der Waals surface area contributed by atoms with Crippen LogP contribution in [0.5, 0.6) is 11.6 Å². The van der Waals surface area contributed by atoms with E-state index in [1.807, 2.05) is 30.3 Å². The lowest BCUT2D eigenvalue weighted by Gasteiger charge is -2.11. The lowest BCUT2D eigenvalue weighted by molar-refractivity contribution is 0.194. The Hall–Kier alpha value is -1.87. The molecule has 0 aliphatic carbocycles. The number of nitrogens with zero attached hydrogens (tertiary/aromatic N) is 1. The number of ether oxygens (including phenoxy) is 1. The highest BCUT2D eigenvalue weighted by molar-refractivity contribution is 5.33. The first-order valence-electron chi connectivity index (χ1n) is 5.13. The summed E-state index contributed by atoms with van der Waals surface area (Å²) in [5.74, 6) is 1.16. The first-order valence-corrected chi connectivity index (χ1v) is 5.13. The second kappa shape index (κ2) is 4.77. The van der Waals surface area contributed by atoms with Crippen molar-refractivity contribution < 1.29 is 9.84 Å². The normalized spacial score (nSPS) is 12.1. The van der Waals surface area contributed by atoms with E-state index in [4.69, 9.17) is 4.74 Å². The summed E-state index contributed by atoms with van der Waals surface area (Å²) in [7, 11) is 0. The number of rotatable bonds is 3. The number of para-hydroxylation sites is 1. The lowest BCUT2D eigenvalue weighted by atomic mass is 10.2. The first-order chi connectivity index (χ1) is 7.77. The van der Waals surface area contributed by atoms with Crippen LogP contribution in [0.3, 0.4) is 0 Å². The number of hydrogen-bond donors (Lipinski definition) is 1. The topological polar surface area (TPSA) is 42.4 Å². The van der Waals surface area contributed by atoms with Gasteiger partial charge in [0.25, 0.3) is 0 Å². The molecular formula is C13H13NO2. The second-order valence-corrected chi connectivity index (χ2v) is 3.49. The van der Waals surface area contributed by atoms with Crippen LogP contribution >= 0.6 is 0 Å². The molecule has 0 fully saturated rings. The molecule has 1 atom stereocenters. The number of pyridine rings is 1. The fraction of sp³-hybridized carbons (Fsp3) is 0.154. The molecule has 1 heterocycles. The smallest absolute Gasteiger partial charge is 0.225 e. The van der Waals surface area contributed by atoms with Crippen molar-refractivity contribution in [1.29, 1.82) is 0 Å². The van der Waals surface area contributed by atoms with Crippen LogP contribution < -0.4 is 4.74 Å². The average molecular weight is 215 g/mol. The fourth-order valence-corrected chi connectivity index (χ4v) is 1.41. The predicted molar refractivity (Wildman–Crippen MR) is 61.4 cm³/mol. The van der Waals surface area contributed by atoms with Crippen LogP contribution in [0, 0.1) is 0 Å². The monoisotopic (exact) mass is 215 g/mol. The minimum Gasteiger partial charge on any atom is -0.439 e. The highest BCUT2D eigenvalue weighted by Gasteiger charge is 2.10. The Morgan fingerprint density at radius 3 is 2.56 bits per heavy atom. The van der Waals surface area contributed by atoms with E-state index in [0.717, 1.165) is 0 Å². The molecule has 0 saturated carbocycles. The van der Waals surface area contributed by atoms with Gasteiger partial charge in [0.15, 0.2) is 0 Å². The Balaban J connectivity index is 2.28. The molecule has 0 bridgehead atoms. The fourth-order valence-electron chi connectivity index (χ4n) is 1.41. The van der Waals surface area contributed by atoms with E-state index in [1.54, 1.807) is 25.3 Å². The molecular weight excluding hydrogens is 202 g/mol. The van der Waals surface area contributed by atoms with Crippen molar-refractivity contribution in [1.82, 2.24) is 4.98 Å². The zero-order chi connectivity index (χ0) is 11.4. The van der Waals surface area contributed by atoms with E-state index in [2.05, 4.69) is 4.98 Å². The molecule has 0 aliphatic heterocycles. The van der Waals surface area contributed by atoms with Crippen LogP contribution in [0.4, 0.5) is 0 Å². The Morgan fingerprint density at radius 1 is 1.12 bits per heavy atom. The second-order valence-electron chi connectivity index (χ2n) is 3.49. The van der Waals surface area contributed by atoms with Gasteiger partial charge in [0.1, 0.15) is 5.75 Å². The van der Waals surface area contributed by atoms with Gasteiger partial charge in [-0.25, -0.2) is 4.98 Å². The zero-order valence-corrected chi connectivity index (χ0v) is 9.00. The first kappa shape index (κ1) is 10.6. The van der Waals surface area contributed by atoms with E-state index in [1.165, 1.54) is 0 Å². The van der Waals surface area contributed by atoms with Crippen LogP contribution in [-0.2, 0) is 0 Å². The molecule has 1 unspecified atom stereocenters. The molecule has 1 aromatic carbocycles. The summed E-state index contributed by atoms with van der Waals surface area (Å²) < 4.78 is 5.60. The molecule has 82 valence electrons. The third kappa shape index (κ3) is 2.38. The molecule has 0 aliphatic rings. The number of benzene rings is 1. The lowest BCUT2D eigenvalue weighted by Crippen LogP contribution is -1.97. The molecule has 0 saturated heterocycles. The Labute approximate surface area is 94.3 Å². The van der Waals surface area contributed by atoms with Gasteiger partial charge >= 0.3 is 0 Å². The van der Waals surface area contributed by atoms with Gasteiger partial charge in [-0.2, -0.15) is 0 Å². The Bertz CT molecular complexity index is 454. The number of aliphatic hydroxyl groups is 1. The summed E-state index contributed by atoms with van der Waals surface area (Å²) in [4.78, 5) is 4.11. The van der Waals surface area contributed by atoms with Crippen molar-refractivity contribution in [3.8, 4) is 11.6 Å². The number of aliphatic hydroxyl groups excluding tert-OH is 1. The van der Waals surface area contributed by atoms with Crippen LogP contribution in [0.25, 0.3) is 0 Å². The minimum absolute atomic E-state index is 0.448. The molecule has 0 amide bonds. The third-order valence-corrected chi connectivity index (χ3v) is 2.21. The highest BCUT2D eigenvalue weighted by Crippen LogP contribution is 2.26. The molecule has 0 spiro atoms. The van der Waals surface area contributed by atoms with Crippen LogP contribution in [0.15, 0.2) is 48.7 Å². The molecule has 3 heteroatoms. The zero-order valence-electron chi connectivity index (χ0n) is 9.00. The van der Waals surface area contributed by atoms with Gasteiger partial charge in [0, 0.05) is 11.8 Å². The molecule has 0 radical (unpaired) electrons. The van der Waals surface area contributed by atoms with Crippen molar-refractivity contribution >= 4 is 0 Å². The van der Waals surface area contributed by atoms with Gasteiger partial charge < -0.3 is 9.84 Å². The molecule has 16 heavy (non-hydrogen) atoms. The standard InChI is InChI=1S/C13H13NO2/c1-10(15)12-8-5-9-14-13(12)16-11-6-3-2-4-7-11/h2-10,15H,1H3. The highest BCUT2D eigenvalue weighted by atomic mass is 16.5. The quantitative estimate of drug-likeness (QED) is 0.855. The molecule has 2 aromatic rings. The summed E-state index contributed by atoms with van der Waals surface area (Å²) in [5.41, 5.74) is 0.686. The summed E-state index contributed by atoms with van der Waals surface area (Å²) >= 11 is 0.